The lowest BCUT2D eigenvalue weighted by atomic mass is 9.86. The fourth-order valence-electron chi connectivity index (χ4n) is 2.62. The van der Waals surface area contributed by atoms with Crippen molar-refractivity contribution in [3.8, 4) is 0 Å². The van der Waals surface area contributed by atoms with E-state index in [0.29, 0.717) is 19.4 Å². The summed E-state index contributed by atoms with van der Waals surface area (Å²) in [5.74, 6) is 0. The number of hydrogen-bond acceptors (Lipinski definition) is 3. The molecule has 1 aliphatic heterocycles. The normalized spacial score (nSPS) is 28.6. The lowest BCUT2D eigenvalue weighted by molar-refractivity contribution is -0.112. The maximum atomic E-state index is 11.0. The van der Waals surface area contributed by atoms with Gasteiger partial charge < -0.3 is 9.84 Å². The molecule has 102 valence electrons. The Labute approximate surface area is 116 Å². The molecule has 5 heteroatoms. The fourth-order valence-corrected chi connectivity index (χ4v) is 3.28. The summed E-state index contributed by atoms with van der Waals surface area (Å²) in [6.07, 6.45) is 5.14. The van der Waals surface area contributed by atoms with E-state index in [-0.39, 0.29) is 6.10 Å². The summed E-state index contributed by atoms with van der Waals surface area (Å²) < 4.78 is 8.47. The van der Waals surface area contributed by atoms with Gasteiger partial charge in [-0.2, -0.15) is 5.10 Å². The van der Waals surface area contributed by atoms with Crippen LogP contribution in [0.4, 0.5) is 0 Å². The molecular formula is C13H21BrN2O2. The highest BCUT2D eigenvalue weighted by molar-refractivity contribution is 9.10. The Hall–Kier alpha value is -0.390. The molecule has 1 N–H and O–H groups in total. The molecule has 4 nitrogen and oxygen atoms in total. The minimum atomic E-state index is -0.816. The molecule has 0 amide bonds. The van der Waals surface area contributed by atoms with E-state index in [2.05, 4.69) is 34.9 Å². The molecule has 2 atom stereocenters. The van der Waals surface area contributed by atoms with Gasteiger partial charge in [-0.1, -0.05) is 13.8 Å². The Balaban J connectivity index is 2.30. The molecular weight excluding hydrogens is 296 g/mol. The second kappa shape index (κ2) is 5.72. The Morgan fingerprint density at radius 3 is 3.06 bits per heavy atom. The van der Waals surface area contributed by atoms with E-state index in [4.69, 9.17) is 4.74 Å². The van der Waals surface area contributed by atoms with Crippen molar-refractivity contribution in [1.82, 2.24) is 9.78 Å². The Morgan fingerprint density at radius 2 is 2.39 bits per heavy atom. The van der Waals surface area contributed by atoms with Crippen LogP contribution in [0.3, 0.4) is 0 Å². The minimum absolute atomic E-state index is 0.139. The number of ether oxygens (including phenoxy) is 1. The zero-order chi connectivity index (χ0) is 13.2. The molecule has 1 fully saturated rings. The van der Waals surface area contributed by atoms with Crippen LogP contribution in [0.15, 0.2) is 10.7 Å². The summed E-state index contributed by atoms with van der Waals surface area (Å²) in [7, 11) is 0. The largest absolute Gasteiger partial charge is 0.383 e. The Bertz CT molecular complexity index is 408. The molecule has 2 rings (SSSR count). The quantitative estimate of drug-likeness (QED) is 0.929. The van der Waals surface area contributed by atoms with Gasteiger partial charge in [-0.05, 0) is 28.8 Å². The van der Waals surface area contributed by atoms with Crippen LogP contribution < -0.4 is 0 Å². The van der Waals surface area contributed by atoms with Crippen molar-refractivity contribution < 1.29 is 9.84 Å². The number of aromatic nitrogens is 2. The molecule has 0 saturated carbocycles. The topological polar surface area (TPSA) is 47.3 Å². The molecule has 2 unspecified atom stereocenters. The average Bonchev–Trinajstić information content (AvgIpc) is 2.72. The van der Waals surface area contributed by atoms with E-state index in [1.54, 1.807) is 6.20 Å². The first-order chi connectivity index (χ1) is 8.60. The van der Waals surface area contributed by atoms with E-state index < -0.39 is 5.60 Å². The van der Waals surface area contributed by atoms with E-state index in [9.17, 15) is 5.11 Å². The molecule has 1 aliphatic rings. The van der Waals surface area contributed by atoms with Crippen molar-refractivity contribution in [3.05, 3.63) is 16.4 Å². The molecule has 2 heterocycles. The van der Waals surface area contributed by atoms with Gasteiger partial charge in [0.05, 0.1) is 29.1 Å². The molecule has 1 saturated heterocycles. The van der Waals surface area contributed by atoms with Gasteiger partial charge >= 0.3 is 0 Å². The highest BCUT2D eigenvalue weighted by atomic mass is 79.9. The van der Waals surface area contributed by atoms with Crippen molar-refractivity contribution in [3.63, 3.8) is 0 Å². The summed E-state index contributed by atoms with van der Waals surface area (Å²) in [6.45, 7) is 5.65. The molecule has 1 aromatic heterocycles. The highest BCUT2D eigenvalue weighted by Gasteiger charge is 2.40. The predicted molar refractivity (Wildman–Crippen MR) is 73.4 cm³/mol. The first kappa shape index (κ1) is 14.0. The molecule has 0 radical (unpaired) electrons. The SMILES string of the molecule is CCCn1ncc(Br)c1C1(O)CCOC(CC)C1. The second-order valence-corrected chi connectivity index (χ2v) is 5.81. The molecule has 0 aliphatic carbocycles. The minimum Gasteiger partial charge on any atom is -0.383 e. The van der Waals surface area contributed by atoms with Crippen LogP contribution in [0.25, 0.3) is 0 Å². The van der Waals surface area contributed by atoms with E-state index in [1.165, 1.54) is 0 Å². The van der Waals surface area contributed by atoms with Gasteiger partial charge in [0.15, 0.2) is 0 Å². The zero-order valence-corrected chi connectivity index (χ0v) is 12.6. The zero-order valence-electron chi connectivity index (χ0n) is 11.0. The third-order valence-corrected chi connectivity index (χ3v) is 4.14. The van der Waals surface area contributed by atoms with Crippen LogP contribution in [0, 0.1) is 0 Å². The number of aryl methyl sites for hydroxylation is 1. The van der Waals surface area contributed by atoms with E-state index in [1.807, 2.05) is 4.68 Å². The van der Waals surface area contributed by atoms with Gasteiger partial charge in [-0.3, -0.25) is 4.68 Å². The van der Waals surface area contributed by atoms with Gasteiger partial charge in [0.25, 0.3) is 0 Å². The Kier molecular flexibility index (Phi) is 4.45. The standard InChI is InChI=1S/C13H21BrN2O2/c1-3-6-16-12(11(14)9-15-16)13(17)5-7-18-10(4-2)8-13/h9-10,17H,3-8H2,1-2H3. The van der Waals surface area contributed by atoms with Crippen LogP contribution in [0.2, 0.25) is 0 Å². The smallest absolute Gasteiger partial charge is 0.112 e. The van der Waals surface area contributed by atoms with Gasteiger partial charge in [0.1, 0.15) is 5.60 Å². The van der Waals surface area contributed by atoms with Gasteiger partial charge in [-0.15, -0.1) is 0 Å². The third kappa shape index (κ3) is 2.63. The van der Waals surface area contributed by atoms with Gasteiger partial charge in [0.2, 0.25) is 0 Å². The van der Waals surface area contributed by atoms with Crippen LogP contribution in [-0.4, -0.2) is 27.6 Å². The molecule has 0 aromatic carbocycles. The molecule has 0 spiro atoms. The summed E-state index contributed by atoms with van der Waals surface area (Å²) in [5.41, 5.74) is 0.0924. The second-order valence-electron chi connectivity index (χ2n) is 4.95. The number of hydrogen-bond donors (Lipinski definition) is 1. The molecule has 18 heavy (non-hydrogen) atoms. The molecule has 0 bridgehead atoms. The fraction of sp³-hybridized carbons (Fsp3) is 0.769. The monoisotopic (exact) mass is 316 g/mol. The summed E-state index contributed by atoms with van der Waals surface area (Å²) in [6, 6.07) is 0. The van der Waals surface area contributed by atoms with Crippen molar-refractivity contribution in [2.24, 2.45) is 0 Å². The van der Waals surface area contributed by atoms with Crippen LogP contribution >= 0.6 is 15.9 Å². The first-order valence-electron chi connectivity index (χ1n) is 6.66. The van der Waals surface area contributed by atoms with Crippen molar-refractivity contribution in [2.75, 3.05) is 6.61 Å². The van der Waals surface area contributed by atoms with E-state index in [0.717, 1.165) is 29.6 Å². The van der Waals surface area contributed by atoms with Crippen molar-refractivity contribution >= 4 is 15.9 Å². The number of aliphatic hydroxyl groups is 1. The summed E-state index contributed by atoms with van der Waals surface area (Å²) in [5, 5.41) is 15.3. The number of nitrogens with zero attached hydrogens (tertiary/aromatic N) is 2. The maximum Gasteiger partial charge on any atom is 0.112 e. The highest BCUT2D eigenvalue weighted by Crippen LogP contribution is 2.39. The van der Waals surface area contributed by atoms with Crippen molar-refractivity contribution in [2.45, 2.75) is 57.8 Å². The number of halogens is 1. The number of rotatable bonds is 4. The predicted octanol–water partition coefficient (Wildman–Crippen LogP) is 2.83. The van der Waals surface area contributed by atoms with Gasteiger partial charge in [0, 0.05) is 19.4 Å². The average molecular weight is 317 g/mol. The summed E-state index contributed by atoms with van der Waals surface area (Å²) >= 11 is 3.52. The summed E-state index contributed by atoms with van der Waals surface area (Å²) in [4.78, 5) is 0. The lowest BCUT2D eigenvalue weighted by Gasteiger charge is -2.37. The lowest BCUT2D eigenvalue weighted by Crippen LogP contribution is -2.40. The van der Waals surface area contributed by atoms with Gasteiger partial charge in [-0.25, -0.2) is 0 Å². The molecule has 1 aromatic rings. The maximum absolute atomic E-state index is 11.0. The third-order valence-electron chi connectivity index (χ3n) is 3.56. The van der Waals surface area contributed by atoms with E-state index >= 15 is 0 Å². The van der Waals surface area contributed by atoms with Crippen LogP contribution in [0.1, 0.15) is 45.2 Å². The van der Waals surface area contributed by atoms with Crippen LogP contribution in [0.5, 0.6) is 0 Å². The van der Waals surface area contributed by atoms with Crippen LogP contribution in [-0.2, 0) is 16.9 Å². The Morgan fingerprint density at radius 1 is 1.61 bits per heavy atom. The first-order valence-corrected chi connectivity index (χ1v) is 7.45. The van der Waals surface area contributed by atoms with Crippen molar-refractivity contribution in [1.29, 1.82) is 0 Å².